The maximum Gasteiger partial charge on any atom is 0.146 e. The van der Waals surface area contributed by atoms with Gasteiger partial charge in [-0.15, -0.1) is 0 Å². The van der Waals surface area contributed by atoms with Crippen LogP contribution in [0.1, 0.15) is 11.4 Å². The maximum absolute atomic E-state index is 5.35. The van der Waals surface area contributed by atoms with Crippen molar-refractivity contribution in [3.63, 3.8) is 0 Å². The average Bonchev–Trinajstić information content (AvgIpc) is 2.74. The molecular weight excluding hydrogens is 236 g/mol. The summed E-state index contributed by atoms with van der Waals surface area (Å²) < 4.78 is 2.78. The molecule has 2 aromatic rings. The summed E-state index contributed by atoms with van der Waals surface area (Å²) in [5.74, 6) is 1.84. The molecule has 0 atom stereocenters. The van der Waals surface area contributed by atoms with Crippen LogP contribution in [0.4, 0.5) is 0 Å². The van der Waals surface area contributed by atoms with Crippen molar-refractivity contribution >= 4 is 28.3 Å². The second-order valence-corrected chi connectivity index (χ2v) is 4.99. The van der Waals surface area contributed by atoms with Crippen molar-refractivity contribution in [3.05, 3.63) is 54.1 Å². The van der Waals surface area contributed by atoms with Gasteiger partial charge >= 0.3 is 0 Å². The van der Waals surface area contributed by atoms with Crippen LogP contribution in [0.15, 0.2) is 42.7 Å². The van der Waals surface area contributed by atoms with Crippen molar-refractivity contribution in [1.29, 1.82) is 0 Å². The van der Waals surface area contributed by atoms with Crippen molar-refractivity contribution in [2.75, 3.05) is 0 Å². The van der Waals surface area contributed by atoms with Crippen LogP contribution in [-0.2, 0) is 5.75 Å². The number of thiocarbonyl (C=S) groups is 1. The SMILES string of the molecule is Cc1nccn1C(=S)SCc1ccccc1. The third-order valence-electron chi connectivity index (χ3n) is 2.23. The van der Waals surface area contributed by atoms with Gasteiger partial charge < -0.3 is 0 Å². The van der Waals surface area contributed by atoms with Gasteiger partial charge in [0.05, 0.1) is 0 Å². The standard InChI is InChI=1S/C12H12N2S2/c1-10-13-7-8-14(10)12(15)16-9-11-5-3-2-4-6-11/h2-8H,9H2,1H3. The zero-order valence-corrected chi connectivity index (χ0v) is 10.6. The van der Waals surface area contributed by atoms with E-state index in [1.807, 2.05) is 35.9 Å². The summed E-state index contributed by atoms with van der Waals surface area (Å²) >= 11 is 7.00. The largest absolute Gasteiger partial charge is 0.289 e. The molecule has 0 N–H and O–H groups in total. The molecule has 0 radical (unpaired) electrons. The van der Waals surface area contributed by atoms with Crippen LogP contribution in [0.5, 0.6) is 0 Å². The first-order valence-corrected chi connectivity index (χ1v) is 6.38. The smallest absolute Gasteiger partial charge is 0.146 e. The molecule has 1 aromatic heterocycles. The Balaban J connectivity index is 1.97. The number of hydrogen-bond donors (Lipinski definition) is 0. The Hall–Kier alpha value is -1.13. The number of hydrogen-bond acceptors (Lipinski definition) is 3. The van der Waals surface area contributed by atoms with Crippen molar-refractivity contribution in [2.45, 2.75) is 12.7 Å². The van der Waals surface area contributed by atoms with E-state index < -0.39 is 0 Å². The first-order valence-electron chi connectivity index (χ1n) is 4.98. The molecule has 4 heteroatoms. The topological polar surface area (TPSA) is 17.8 Å². The van der Waals surface area contributed by atoms with Crippen LogP contribution >= 0.6 is 24.0 Å². The minimum Gasteiger partial charge on any atom is -0.289 e. The predicted molar refractivity (Wildman–Crippen MR) is 72.7 cm³/mol. The molecule has 16 heavy (non-hydrogen) atoms. The number of imidazole rings is 1. The molecule has 2 rings (SSSR count). The van der Waals surface area contributed by atoms with Gasteiger partial charge in [0.15, 0.2) is 0 Å². The molecule has 0 bridgehead atoms. The first-order chi connectivity index (χ1) is 7.77. The van der Waals surface area contributed by atoms with Gasteiger partial charge in [-0.1, -0.05) is 54.3 Å². The molecule has 0 saturated heterocycles. The predicted octanol–water partition coefficient (Wildman–Crippen LogP) is 3.26. The highest BCUT2D eigenvalue weighted by Gasteiger charge is 2.04. The molecule has 0 fully saturated rings. The van der Waals surface area contributed by atoms with Crippen LogP contribution in [-0.4, -0.2) is 13.9 Å². The molecule has 1 aromatic carbocycles. The summed E-state index contributed by atoms with van der Waals surface area (Å²) in [6.07, 6.45) is 3.67. The third-order valence-corrected chi connectivity index (χ3v) is 3.70. The highest BCUT2D eigenvalue weighted by molar-refractivity contribution is 8.22. The Morgan fingerprint density at radius 2 is 2.12 bits per heavy atom. The van der Waals surface area contributed by atoms with E-state index >= 15 is 0 Å². The van der Waals surface area contributed by atoms with E-state index in [1.54, 1.807) is 18.0 Å². The van der Waals surface area contributed by atoms with E-state index in [0.29, 0.717) is 0 Å². The van der Waals surface area contributed by atoms with Gasteiger partial charge in [-0.25, -0.2) is 4.98 Å². The first kappa shape index (κ1) is 11.4. The van der Waals surface area contributed by atoms with E-state index in [-0.39, 0.29) is 0 Å². The van der Waals surface area contributed by atoms with Crippen molar-refractivity contribution in [1.82, 2.24) is 9.55 Å². The molecule has 0 saturated carbocycles. The molecule has 1 heterocycles. The minimum atomic E-state index is 0.846. The van der Waals surface area contributed by atoms with Gasteiger partial charge in [0.2, 0.25) is 0 Å². The van der Waals surface area contributed by atoms with E-state index in [2.05, 4.69) is 17.1 Å². The van der Waals surface area contributed by atoms with Crippen molar-refractivity contribution < 1.29 is 0 Å². The normalized spacial score (nSPS) is 10.3. The van der Waals surface area contributed by atoms with Crippen molar-refractivity contribution in [2.24, 2.45) is 0 Å². The number of nitrogens with zero attached hydrogens (tertiary/aromatic N) is 2. The minimum absolute atomic E-state index is 0.846. The Morgan fingerprint density at radius 3 is 2.75 bits per heavy atom. The lowest BCUT2D eigenvalue weighted by Gasteiger charge is -2.06. The number of rotatable bonds is 2. The van der Waals surface area contributed by atoms with Gasteiger partial charge in [-0.05, 0) is 12.5 Å². The second kappa shape index (κ2) is 5.27. The monoisotopic (exact) mass is 248 g/mol. The van der Waals surface area contributed by atoms with Crippen LogP contribution in [0.2, 0.25) is 0 Å². The molecule has 0 unspecified atom stereocenters. The molecular formula is C12H12N2S2. The van der Waals surface area contributed by atoms with Crippen LogP contribution in [0, 0.1) is 6.92 Å². The Morgan fingerprint density at radius 1 is 1.38 bits per heavy atom. The maximum atomic E-state index is 5.35. The van der Waals surface area contributed by atoms with Gasteiger partial charge in [0.1, 0.15) is 10.1 Å². The molecule has 0 aliphatic carbocycles. The second-order valence-electron chi connectivity index (χ2n) is 3.38. The molecule has 0 aliphatic rings. The van der Waals surface area contributed by atoms with E-state index in [9.17, 15) is 0 Å². The number of benzene rings is 1. The number of aryl methyl sites for hydroxylation is 1. The molecule has 2 nitrogen and oxygen atoms in total. The average molecular weight is 248 g/mol. The van der Waals surface area contributed by atoms with Gasteiger partial charge in [0, 0.05) is 18.1 Å². The molecule has 0 spiro atoms. The summed E-state index contributed by atoms with van der Waals surface area (Å²) in [6, 6.07) is 10.3. The molecule has 0 amide bonds. The van der Waals surface area contributed by atoms with E-state index in [4.69, 9.17) is 12.2 Å². The van der Waals surface area contributed by atoms with Gasteiger partial charge in [0.25, 0.3) is 0 Å². The summed E-state index contributed by atoms with van der Waals surface area (Å²) in [4.78, 5) is 4.15. The fourth-order valence-electron chi connectivity index (χ4n) is 1.36. The van der Waals surface area contributed by atoms with Crippen LogP contribution in [0.25, 0.3) is 0 Å². The van der Waals surface area contributed by atoms with Crippen LogP contribution in [0.3, 0.4) is 0 Å². The Bertz CT molecular complexity index is 477. The number of thioether (sulfide) groups is 1. The third kappa shape index (κ3) is 2.71. The lowest BCUT2D eigenvalue weighted by molar-refractivity contribution is 1.06. The Kier molecular flexibility index (Phi) is 3.74. The zero-order valence-electron chi connectivity index (χ0n) is 8.96. The van der Waals surface area contributed by atoms with Gasteiger partial charge in [-0.2, -0.15) is 0 Å². The summed E-state index contributed by atoms with van der Waals surface area (Å²) in [6.45, 7) is 1.95. The lowest BCUT2D eigenvalue weighted by atomic mass is 10.2. The highest BCUT2D eigenvalue weighted by Crippen LogP contribution is 2.15. The quantitative estimate of drug-likeness (QED) is 0.760. The zero-order chi connectivity index (χ0) is 11.4. The molecule has 82 valence electrons. The summed E-state index contributed by atoms with van der Waals surface area (Å²) in [7, 11) is 0. The number of aromatic nitrogens is 2. The highest BCUT2D eigenvalue weighted by atomic mass is 32.2. The van der Waals surface area contributed by atoms with Gasteiger partial charge in [-0.3, -0.25) is 4.57 Å². The van der Waals surface area contributed by atoms with E-state index in [1.165, 1.54) is 5.56 Å². The lowest BCUT2D eigenvalue weighted by Crippen LogP contribution is -2.05. The fraction of sp³-hybridized carbons (Fsp3) is 0.167. The summed E-state index contributed by atoms with van der Waals surface area (Å²) in [5, 5.41) is 0. The summed E-state index contributed by atoms with van der Waals surface area (Å²) in [5.41, 5.74) is 1.28. The Labute approximate surface area is 105 Å². The fourth-order valence-corrected chi connectivity index (χ4v) is 2.54. The van der Waals surface area contributed by atoms with Crippen LogP contribution < -0.4 is 0 Å². The molecule has 0 aliphatic heterocycles. The van der Waals surface area contributed by atoms with Crippen molar-refractivity contribution in [3.8, 4) is 0 Å². The van der Waals surface area contributed by atoms with E-state index in [0.717, 1.165) is 15.9 Å².